The second-order valence-corrected chi connectivity index (χ2v) is 6.84. The number of hydrogen-bond donors (Lipinski definition) is 1. The topological polar surface area (TPSA) is 33.1 Å². The molecular formula is C17H32N4. The van der Waals surface area contributed by atoms with E-state index in [4.69, 9.17) is 0 Å². The van der Waals surface area contributed by atoms with Crippen molar-refractivity contribution in [3.8, 4) is 0 Å². The molecule has 3 unspecified atom stereocenters. The van der Waals surface area contributed by atoms with Gasteiger partial charge in [0.1, 0.15) is 5.82 Å². The lowest BCUT2D eigenvalue weighted by Crippen LogP contribution is -2.64. The largest absolute Gasteiger partial charge is 0.334 e. The minimum atomic E-state index is 0.276. The molecule has 0 bridgehead atoms. The van der Waals surface area contributed by atoms with Crippen molar-refractivity contribution in [3.63, 3.8) is 0 Å². The standard InChI is InChI=1S/C17H32N4/c1-6-14(3)16-12-21(17(5,7-2)13-19-16)11-10-20-9-8-18-15(20)4/h8-9,14,16,19H,6-7,10-13H2,1-5H3. The summed E-state index contributed by atoms with van der Waals surface area (Å²) >= 11 is 0. The third-order valence-corrected chi connectivity index (χ3v) is 5.55. The summed E-state index contributed by atoms with van der Waals surface area (Å²) in [7, 11) is 0. The molecule has 1 aliphatic rings. The number of imidazole rings is 1. The number of aryl methyl sites for hydroxylation is 1. The smallest absolute Gasteiger partial charge is 0.105 e. The molecule has 21 heavy (non-hydrogen) atoms. The lowest BCUT2D eigenvalue weighted by molar-refractivity contribution is 0.0334. The van der Waals surface area contributed by atoms with Crippen LogP contribution in [-0.4, -0.2) is 45.7 Å². The van der Waals surface area contributed by atoms with Crippen LogP contribution >= 0.6 is 0 Å². The second-order valence-electron chi connectivity index (χ2n) is 6.84. The summed E-state index contributed by atoms with van der Waals surface area (Å²) in [5.74, 6) is 1.85. The summed E-state index contributed by atoms with van der Waals surface area (Å²) in [6.07, 6.45) is 6.42. The van der Waals surface area contributed by atoms with Crippen molar-refractivity contribution in [2.75, 3.05) is 19.6 Å². The Hall–Kier alpha value is -0.870. The highest BCUT2D eigenvalue weighted by Gasteiger charge is 2.37. The Morgan fingerprint density at radius 2 is 2.19 bits per heavy atom. The van der Waals surface area contributed by atoms with Gasteiger partial charge in [-0.15, -0.1) is 0 Å². The molecule has 0 aliphatic carbocycles. The molecular weight excluding hydrogens is 260 g/mol. The maximum atomic E-state index is 4.33. The van der Waals surface area contributed by atoms with Gasteiger partial charge in [0.05, 0.1) is 0 Å². The van der Waals surface area contributed by atoms with Crippen LogP contribution in [0.2, 0.25) is 0 Å². The zero-order chi connectivity index (χ0) is 15.5. The molecule has 0 aromatic carbocycles. The van der Waals surface area contributed by atoms with Gasteiger partial charge in [-0.25, -0.2) is 4.98 Å². The molecule has 1 N–H and O–H groups in total. The maximum absolute atomic E-state index is 4.33. The van der Waals surface area contributed by atoms with Crippen LogP contribution in [0.5, 0.6) is 0 Å². The van der Waals surface area contributed by atoms with E-state index in [0.717, 1.165) is 37.9 Å². The molecule has 4 heteroatoms. The fraction of sp³-hybridized carbons (Fsp3) is 0.824. The zero-order valence-corrected chi connectivity index (χ0v) is 14.4. The number of rotatable bonds is 6. The van der Waals surface area contributed by atoms with E-state index in [1.165, 1.54) is 12.8 Å². The van der Waals surface area contributed by atoms with Crippen LogP contribution in [0.1, 0.15) is 46.4 Å². The number of nitrogens with zero attached hydrogens (tertiary/aromatic N) is 3. The minimum absolute atomic E-state index is 0.276. The Balaban J connectivity index is 2.02. The van der Waals surface area contributed by atoms with Crippen molar-refractivity contribution in [2.24, 2.45) is 5.92 Å². The van der Waals surface area contributed by atoms with Crippen LogP contribution in [0.15, 0.2) is 12.4 Å². The van der Waals surface area contributed by atoms with E-state index in [0.29, 0.717) is 6.04 Å². The van der Waals surface area contributed by atoms with Crippen LogP contribution in [0.4, 0.5) is 0 Å². The SMILES string of the molecule is CCC(C)C1CN(CCn2ccnc2C)C(C)(CC)CN1. The monoisotopic (exact) mass is 292 g/mol. The van der Waals surface area contributed by atoms with Gasteiger partial charge >= 0.3 is 0 Å². The number of hydrogen-bond acceptors (Lipinski definition) is 3. The quantitative estimate of drug-likeness (QED) is 0.875. The summed E-state index contributed by atoms with van der Waals surface area (Å²) < 4.78 is 2.26. The van der Waals surface area contributed by atoms with Crippen molar-refractivity contribution >= 4 is 0 Å². The van der Waals surface area contributed by atoms with Crippen LogP contribution < -0.4 is 5.32 Å². The highest BCUT2D eigenvalue weighted by atomic mass is 15.3. The van der Waals surface area contributed by atoms with Gasteiger partial charge in [-0.05, 0) is 26.2 Å². The molecule has 0 saturated carbocycles. The van der Waals surface area contributed by atoms with Crippen LogP contribution in [0.25, 0.3) is 0 Å². The molecule has 0 spiro atoms. The van der Waals surface area contributed by atoms with E-state index in [9.17, 15) is 0 Å². The average Bonchev–Trinajstić information content (AvgIpc) is 2.91. The number of nitrogens with one attached hydrogen (secondary N) is 1. The van der Waals surface area contributed by atoms with E-state index < -0.39 is 0 Å². The highest BCUT2D eigenvalue weighted by Crippen LogP contribution is 2.25. The third-order valence-electron chi connectivity index (χ3n) is 5.55. The van der Waals surface area contributed by atoms with Gasteiger partial charge in [0.25, 0.3) is 0 Å². The number of aromatic nitrogens is 2. The van der Waals surface area contributed by atoms with Gasteiger partial charge in [0.2, 0.25) is 0 Å². The van der Waals surface area contributed by atoms with Crippen LogP contribution in [0.3, 0.4) is 0 Å². The van der Waals surface area contributed by atoms with Gasteiger partial charge in [-0.3, -0.25) is 4.90 Å². The average molecular weight is 292 g/mol. The van der Waals surface area contributed by atoms with Gasteiger partial charge in [0, 0.05) is 50.2 Å². The Labute approximate surface area is 129 Å². The molecule has 0 amide bonds. The summed E-state index contributed by atoms with van der Waals surface area (Å²) in [6.45, 7) is 15.8. The Morgan fingerprint density at radius 3 is 2.76 bits per heavy atom. The molecule has 3 atom stereocenters. The predicted octanol–water partition coefficient (Wildman–Crippen LogP) is 2.68. The first kappa shape index (κ1) is 16.5. The maximum Gasteiger partial charge on any atom is 0.105 e. The first-order valence-electron chi connectivity index (χ1n) is 8.46. The molecule has 1 aromatic heterocycles. The Morgan fingerprint density at radius 1 is 1.43 bits per heavy atom. The van der Waals surface area contributed by atoms with Crippen molar-refractivity contribution in [1.82, 2.24) is 19.8 Å². The zero-order valence-electron chi connectivity index (χ0n) is 14.4. The third kappa shape index (κ3) is 3.67. The Kier molecular flexibility index (Phi) is 5.44. The van der Waals surface area contributed by atoms with Crippen molar-refractivity contribution in [1.29, 1.82) is 0 Å². The second kappa shape index (κ2) is 6.93. The lowest BCUT2D eigenvalue weighted by atomic mass is 9.88. The lowest BCUT2D eigenvalue weighted by Gasteiger charge is -2.49. The van der Waals surface area contributed by atoms with Gasteiger partial charge in [0.15, 0.2) is 0 Å². The van der Waals surface area contributed by atoms with Gasteiger partial charge in [-0.1, -0.05) is 27.2 Å². The molecule has 2 rings (SSSR count). The van der Waals surface area contributed by atoms with E-state index in [2.05, 4.69) is 60.6 Å². The molecule has 1 fully saturated rings. The normalized spacial score (nSPS) is 28.7. The van der Waals surface area contributed by atoms with Crippen LogP contribution in [0, 0.1) is 12.8 Å². The summed E-state index contributed by atoms with van der Waals surface area (Å²) in [5.41, 5.74) is 0.276. The molecule has 1 saturated heterocycles. The fourth-order valence-electron chi connectivity index (χ4n) is 3.23. The minimum Gasteiger partial charge on any atom is -0.334 e. The van der Waals surface area contributed by atoms with Gasteiger partial charge in [-0.2, -0.15) is 0 Å². The first-order chi connectivity index (χ1) is 10.00. The number of piperazine rings is 1. The van der Waals surface area contributed by atoms with Crippen molar-refractivity contribution in [3.05, 3.63) is 18.2 Å². The van der Waals surface area contributed by atoms with Crippen molar-refractivity contribution < 1.29 is 0 Å². The van der Waals surface area contributed by atoms with Crippen molar-refractivity contribution in [2.45, 2.75) is 65.6 Å². The molecule has 4 nitrogen and oxygen atoms in total. The summed E-state index contributed by atoms with van der Waals surface area (Å²) in [5, 5.41) is 3.79. The Bertz CT molecular complexity index is 442. The molecule has 1 aliphatic heterocycles. The molecule has 0 radical (unpaired) electrons. The van der Waals surface area contributed by atoms with Gasteiger partial charge < -0.3 is 9.88 Å². The fourth-order valence-corrected chi connectivity index (χ4v) is 3.23. The van der Waals surface area contributed by atoms with E-state index in [1.807, 2.05) is 6.20 Å². The first-order valence-corrected chi connectivity index (χ1v) is 8.46. The summed E-state index contributed by atoms with van der Waals surface area (Å²) in [6, 6.07) is 0.624. The molecule has 2 heterocycles. The molecule has 120 valence electrons. The highest BCUT2D eigenvalue weighted by molar-refractivity contribution is 4.97. The summed E-state index contributed by atoms with van der Waals surface area (Å²) in [4.78, 5) is 7.02. The van der Waals surface area contributed by atoms with E-state index in [1.54, 1.807) is 0 Å². The van der Waals surface area contributed by atoms with Crippen LogP contribution in [-0.2, 0) is 6.54 Å². The predicted molar refractivity (Wildman–Crippen MR) is 88.5 cm³/mol. The van der Waals surface area contributed by atoms with E-state index >= 15 is 0 Å². The van der Waals surface area contributed by atoms with E-state index in [-0.39, 0.29) is 5.54 Å². The molecule has 1 aromatic rings.